The van der Waals surface area contributed by atoms with Gasteiger partial charge in [0, 0.05) is 24.4 Å². The molecule has 0 amide bonds. The van der Waals surface area contributed by atoms with E-state index in [4.69, 9.17) is 5.11 Å². The van der Waals surface area contributed by atoms with Crippen LogP contribution < -0.4 is 0 Å². The van der Waals surface area contributed by atoms with Crippen molar-refractivity contribution in [3.05, 3.63) is 58.2 Å². The first kappa shape index (κ1) is 16.4. The maximum atomic E-state index is 13.0. The third-order valence-electron chi connectivity index (χ3n) is 3.50. The van der Waals surface area contributed by atoms with Crippen LogP contribution in [0.5, 0.6) is 0 Å². The molecule has 0 bridgehead atoms. The average Bonchev–Trinajstić information content (AvgIpc) is 2.42. The molecule has 0 aliphatic rings. The van der Waals surface area contributed by atoms with Gasteiger partial charge in [0.15, 0.2) is 0 Å². The zero-order valence-corrected chi connectivity index (χ0v) is 12.4. The van der Waals surface area contributed by atoms with Gasteiger partial charge in [-0.1, -0.05) is 18.2 Å². The fourth-order valence-corrected chi connectivity index (χ4v) is 2.48. The number of rotatable bonds is 4. The van der Waals surface area contributed by atoms with Crippen LogP contribution in [0.4, 0.5) is 13.2 Å². The SMILES string of the molecule is Cc1nc(Cc2ccccc2C(F)(F)F)nc(C)c1CCO. The van der Waals surface area contributed by atoms with Gasteiger partial charge in [-0.05, 0) is 37.5 Å². The summed E-state index contributed by atoms with van der Waals surface area (Å²) < 4.78 is 39.0. The highest BCUT2D eigenvalue weighted by Gasteiger charge is 2.33. The number of aryl methyl sites for hydroxylation is 2. The van der Waals surface area contributed by atoms with Crippen LogP contribution in [0, 0.1) is 13.8 Å². The molecular formula is C16H17F3N2O. The fourth-order valence-electron chi connectivity index (χ4n) is 2.48. The number of aromatic nitrogens is 2. The van der Waals surface area contributed by atoms with Crippen LogP contribution in [0.15, 0.2) is 24.3 Å². The number of aliphatic hydroxyl groups excluding tert-OH is 1. The molecular weight excluding hydrogens is 293 g/mol. The van der Waals surface area contributed by atoms with Gasteiger partial charge in [-0.25, -0.2) is 9.97 Å². The highest BCUT2D eigenvalue weighted by atomic mass is 19.4. The molecule has 0 spiro atoms. The Hall–Kier alpha value is -1.95. The fraction of sp³-hybridized carbons (Fsp3) is 0.375. The number of aliphatic hydroxyl groups is 1. The second kappa shape index (κ2) is 6.44. The predicted molar refractivity (Wildman–Crippen MR) is 76.5 cm³/mol. The van der Waals surface area contributed by atoms with Crippen molar-refractivity contribution in [2.24, 2.45) is 0 Å². The van der Waals surface area contributed by atoms with Crippen LogP contribution in [-0.2, 0) is 19.0 Å². The van der Waals surface area contributed by atoms with Gasteiger partial charge in [0.25, 0.3) is 0 Å². The van der Waals surface area contributed by atoms with E-state index in [-0.39, 0.29) is 18.6 Å². The Morgan fingerprint density at radius 1 is 1.05 bits per heavy atom. The van der Waals surface area contributed by atoms with Gasteiger partial charge in [0.05, 0.1) is 5.56 Å². The van der Waals surface area contributed by atoms with Gasteiger partial charge in [0.1, 0.15) is 5.82 Å². The highest BCUT2D eigenvalue weighted by molar-refractivity contribution is 5.33. The maximum absolute atomic E-state index is 13.0. The molecule has 0 unspecified atom stereocenters. The molecule has 2 rings (SSSR count). The van der Waals surface area contributed by atoms with E-state index in [1.54, 1.807) is 19.9 Å². The van der Waals surface area contributed by atoms with Gasteiger partial charge < -0.3 is 5.11 Å². The van der Waals surface area contributed by atoms with Crippen molar-refractivity contribution in [1.29, 1.82) is 0 Å². The number of nitrogens with zero attached hydrogens (tertiary/aromatic N) is 2. The smallest absolute Gasteiger partial charge is 0.396 e. The van der Waals surface area contributed by atoms with Crippen molar-refractivity contribution in [2.45, 2.75) is 32.9 Å². The monoisotopic (exact) mass is 310 g/mol. The summed E-state index contributed by atoms with van der Waals surface area (Å²) in [5.41, 5.74) is 1.73. The molecule has 1 aromatic heterocycles. The standard InChI is InChI=1S/C16H17F3N2O/c1-10-13(7-8-22)11(2)21-15(20-10)9-12-5-3-4-6-14(12)16(17,18)19/h3-6,22H,7-9H2,1-2H3. The quantitative estimate of drug-likeness (QED) is 0.943. The molecule has 2 aromatic rings. The van der Waals surface area contributed by atoms with E-state index in [1.165, 1.54) is 12.1 Å². The van der Waals surface area contributed by atoms with Crippen LogP contribution in [0.25, 0.3) is 0 Å². The van der Waals surface area contributed by atoms with Gasteiger partial charge in [-0.15, -0.1) is 0 Å². The lowest BCUT2D eigenvalue weighted by Crippen LogP contribution is -2.12. The van der Waals surface area contributed by atoms with Gasteiger partial charge >= 0.3 is 6.18 Å². The van der Waals surface area contributed by atoms with Gasteiger partial charge in [0.2, 0.25) is 0 Å². The second-order valence-corrected chi connectivity index (χ2v) is 5.09. The molecule has 0 aliphatic heterocycles. The van der Waals surface area contributed by atoms with Gasteiger partial charge in [-0.3, -0.25) is 0 Å². The molecule has 1 N–H and O–H groups in total. The summed E-state index contributed by atoms with van der Waals surface area (Å²) in [5.74, 6) is 0.355. The van der Waals surface area contributed by atoms with Crippen LogP contribution in [0.2, 0.25) is 0 Å². The van der Waals surface area contributed by atoms with Crippen molar-refractivity contribution in [3.8, 4) is 0 Å². The molecule has 1 aromatic carbocycles. The first-order valence-electron chi connectivity index (χ1n) is 6.92. The summed E-state index contributed by atoms with van der Waals surface area (Å²) in [5, 5.41) is 9.02. The van der Waals surface area contributed by atoms with E-state index in [9.17, 15) is 13.2 Å². The minimum atomic E-state index is -4.39. The van der Waals surface area contributed by atoms with Crippen LogP contribution in [-0.4, -0.2) is 21.7 Å². The zero-order chi connectivity index (χ0) is 16.3. The minimum Gasteiger partial charge on any atom is -0.396 e. The summed E-state index contributed by atoms with van der Waals surface area (Å²) in [6.07, 6.45) is -3.93. The Labute approximate surface area is 126 Å². The lowest BCUT2D eigenvalue weighted by atomic mass is 10.0. The van der Waals surface area contributed by atoms with E-state index >= 15 is 0 Å². The Morgan fingerprint density at radius 3 is 2.18 bits per heavy atom. The van der Waals surface area contributed by atoms with Gasteiger partial charge in [-0.2, -0.15) is 13.2 Å². The lowest BCUT2D eigenvalue weighted by Gasteiger charge is -2.13. The van der Waals surface area contributed by atoms with Crippen LogP contribution >= 0.6 is 0 Å². The van der Waals surface area contributed by atoms with Crippen molar-refractivity contribution in [3.63, 3.8) is 0 Å². The molecule has 0 radical (unpaired) electrons. The largest absolute Gasteiger partial charge is 0.416 e. The number of benzene rings is 1. The number of halogens is 3. The molecule has 0 fully saturated rings. The molecule has 1 heterocycles. The Morgan fingerprint density at radius 2 is 1.64 bits per heavy atom. The second-order valence-electron chi connectivity index (χ2n) is 5.09. The topological polar surface area (TPSA) is 46.0 Å². The maximum Gasteiger partial charge on any atom is 0.416 e. The molecule has 3 nitrogen and oxygen atoms in total. The normalized spacial score (nSPS) is 11.7. The molecule has 0 aliphatic carbocycles. The van der Waals surface area contributed by atoms with E-state index in [0.717, 1.165) is 11.6 Å². The zero-order valence-electron chi connectivity index (χ0n) is 12.4. The number of hydrogen-bond donors (Lipinski definition) is 1. The van der Waals surface area contributed by atoms with Crippen LogP contribution in [0.1, 0.15) is 33.9 Å². The van der Waals surface area contributed by atoms with Crippen molar-refractivity contribution in [2.75, 3.05) is 6.61 Å². The molecule has 22 heavy (non-hydrogen) atoms. The van der Waals surface area contributed by atoms with Crippen molar-refractivity contribution >= 4 is 0 Å². The number of hydrogen-bond acceptors (Lipinski definition) is 3. The van der Waals surface area contributed by atoms with Crippen molar-refractivity contribution in [1.82, 2.24) is 9.97 Å². The average molecular weight is 310 g/mol. The predicted octanol–water partition coefficient (Wildman–Crippen LogP) is 3.24. The van der Waals surface area contributed by atoms with Crippen LogP contribution in [0.3, 0.4) is 0 Å². The Bertz CT molecular complexity index is 646. The Kier molecular flexibility index (Phi) is 4.81. The van der Waals surface area contributed by atoms with E-state index in [1.807, 2.05) is 0 Å². The number of alkyl halides is 3. The van der Waals surface area contributed by atoms with E-state index in [2.05, 4.69) is 9.97 Å². The molecule has 0 atom stereocenters. The summed E-state index contributed by atoms with van der Waals surface area (Å²) in [7, 11) is 0. The van der Waals surface area contributed by atoms with E-state index < -0.39 is 11.7 Å². The highest BCUT2D eigenvalue weighted by Crippen LogP contribution is 2.32. The summed E-state index contributed by atoms with van der Waals surface area (Å²) in [6.45, 7) is 3.54. The Balaban J connectivity index is 2.37. The summed E-state index contributed by atoms with van der Waals surface area (Å²) >= 11 is 0. The minimum absolute atomic E-state index is 0.0126. The third kappa shape index (κ3) is 3.62. The first-order valence-corrected chi connectivity index (χ1v) is 6.92. The van der Waals surface area contributed by atoms with E-state index in [0.29, 0.717) is 23.6 Å². The third-order valence-corrected chi connectivity index (χ3v) is 3.50. The molecule has 0 saturated carbocycles. The summed E-state index contributed by atoms with van der Waals surface area (Å²) in [6, 6.07) is 5.45. The van der Waals surface area contributed by atoms with Crippen molar-refractivity contribution < 1.29 is 18.3 Å². The molecule has 0 saturated heterocycles. The lowest BCUT2D eigenvalue weighted by molar-refractivity contribution is -0.138. The molecule has 118 valence electrons. The molecule has 6 heteroatoms. The first-order chi connectivity index (χ1) is 10.3. The summed E-state index contributed by atoms with van der Waals surface area (Å²) in [4.78, 5) is 8.56.